The largest absolute Gasteiger partial charge is 0.435 e. The van der Waals surface area contributed by atoms with Gasteiger partial charge in [0, 0.05) is 38.7 Å². The number of benzene rings is 2. The standard InChI is InChI=1S/C29H26ClF3N8O3/c1-35-28(43)19-8-9-21(24(23(19)30)44-16-42)38-26-27-37-14-22(41(27)12-10-36-26)20-15-40(39-25(20)29(31,32)33)11-2-3-17-4-6-18(13-34)7-5-17/h4-10,12,14-16H,2-3,11,13,34H2,1H3,(H,35,43)(H,36,38). The first-order valence-electron chi connectivity index (χ1n) is 13.3. The number of amides is 1. The number of anilines is 2. The van der Waals surface area contributed by atoms with Crippen LogP contribution in [-0.2, 0) is 30.5 Å². The molecular weight excluding hydrogens is 601 g/mol. The zero-order chi connectivity index (χ0) is 31.4. The molecule has 0 aliphatic carbocycles. The molecule has 228 valence electrons. The highest BCUT2D eigenvalue weighted by atomic mass is 35.5. The predicted octanol–water partition coefficient (Wildman–Crippen LogP) is 4.99. The predicted molar refractivity (Wildman–Crippen MR) is 157 cm³/mol. The van der Waals surface area contributed by atoms with E-state index in [-0.39, 0.29) is 57.8 Å². The van der Waals surface area contributed by atoms with Gasteiger partial charge in [-0.1, -0.05) is 35.9 Å². The number of imidazole rings is 1. The normalized spacial score (nSPS) is 11.5. The number of hydrogen-bond donors (Lipinski definition) is 3. The van der Waals surface area contributed by atoms with Crippen molar-refractivity contribution in [1.29, 1.82) is 0 Å². The van der Waals surface area contributed by atoms with Crippen LogP contribution in [0.15, 0.2) is 61.2 Å². The van der Waals surface area contributed by atoms with E-state index in [1.54, 1.807) is 0 Å². The van der Waals surface area contributed by atoms with Gasteiger partial charge in [0.2, 0.25) is 0 Å². The zero-order valence-corrected chi connectivity index (χ0v) is 24.0. The molecule has 5 rings (SSSR count). The van der Waals surface area contributed by atoms with E-state index in [9.17, 15) is 22.8 Å². The molecule has 0 unspecified atom stereocenters. The molecule has 4 N–H and O–H groups in total. The molecule has 1 amide bonds. The Morgan fingerprint density at radius 1 is 1.14 bits per heavy atom. The summed E-state index contributed by atoms with van der Waals surface area (Å²) in [6.45, 7) is 0.845. The summed E-state index contributed by atoms with van der Waals surface area (Å²) in [5, 5.41) is 9.12. The fourth-order valence-electron chi connectivity index (χ4n) is 4.68. The molecule has 0 radical (unpaired) electrons. The van der Waals surface area contributed by atoms with Gasteiger partial charge in [-0.2, -0.15) is 18.3 Å². The highest BCUT2D eigenvalue weighted by Gasteiger charge is 2.38. The molecule has 0 aliphatic rings. The molecule has 3 heterocycles. The SMILES string of the molecule is CNC(=O)c1ccc(Nc2nccn3c(-c4cn(CCCc5ccc(CN)cc5)nc4C(F)(F)F)cnc23)c(OC=O)c1Cl. The number of hydrogen-bond acceptors (Lipinski definition) is 8. The number of aryl methyl sites for hydroxylation is 2. The van der Waals surface area contributed by atoms with Gasteiger partial charge in [0.15, 0.2) is 22.9 Å². The summed E-state index contributed by atoms with van der Waals surface area (Å²) in [5.41, 5.74) is 7.02. The first-order chi connectivity index (χ1) is 21.1. The van der Waals surface area contributed by atoms with Crippen LogP contribution in [0.4, 0.5) is 24.7 Å². The monoisotopic (exact) mass is 626 g/mol. The van der Waals surface area contributed by atoms with E-state index in [4.69, 9.17) is 22.1 Å². The highest BCUT2D eigenvalue weighted by Crippen LogP contribution is 2.39. The Balaban J connectivity index is 1.45. The van der Waals surface area contributed by atoms with Crippen LogP contribution in [0, 0.1) is 0 Å². The molecule has 3 aromatic heterocycles. The molecule has 5 aromatic rings. The van der Waals surface area contributed by atoms with E-state index in [1.807, 2.05) is 24.3 Å². The van der Waals surface area contributed by atoms with Crippen molar-refractivity contribution in [2.45, 2.75) is 32.1 Å². The molecule has 0 aliphatic heterocycles. The second kappa shape index (κ2) is 12.7. The van der Waals surface area contributed by atoms with E-state index in [2.05, 4.69) is 25.7 Å². The number of ether oxygens (including phenoxy) is 1. The quantitative estimate of drug-likeness (QED) is 0.174. The number of rotatable bonds is 11. The van der Waals surface area contributed by atoms with E-state index >= 15 is 0 Å². The van der Waals surface area contributed by atoms with E-state index < -0.39 is 17.8 Å². The van der Waals surface area contributed by atoms with Crippen LogP contribution in [0.25, 0.3) is 16.9 Å². The molecule has 15 heteroatoms. The average Bonchev–Trinajstić information content (AvgIpc) is 3.64. The van der Waals surface area contributed by atoms with Crippen LogP contribution in [0.1, 0.15) is 33.6 Å². The molecule has 0 saturated carbocycles. The summed E-state index contributed by atoms with van der Waals surface area (Å²) in [6, 6.07) is 10.6. The topological polar surface area (TPSA) is 141 Å². The van der Waals surface area contributed by atoms with Crippen molar-refractivity contribution >= 4 is 41.1 Å². The van der Waals surface area contributed by atoms with Gasteiger partial charge in [0.05, 0.1) is 33.7 Å². The maximum atomic E-state index is 14.1. The van der Waals surface area contributed by atoms with Crippen molar-refractivity contribution in [3.8, 4) is 17.0 Å². The van der Waals surface area contributed by atoms with E-state index in [0.29, 0.717) is 19.4 Å². The molecule has 0 saturated heterocycles. The maximum absolute atomic E-state index is 14.1. The summed E-state index contributed by atoms with van der Waals surface area (Å²) in [6.07, 6.45) is 1.98. The molecule has 0 bridgehead atoms. The fraction of sp³-hybridized carbons (Fsp3) is 0.207. The number of alkyl halides is 3. The third kappa shape index (κ3) is 6.21. The van der Waals surface area contributed by atoms with Crippen LogP contribution in [0.5, 0.6) is 5.75 Å². The number of nitrogens with zero attached hydrogens (tertiary/aromatic N) is 5. The average molecular weight is 627 g/mol. The molecule has 11 nitrogen and oxygen atoms in total. The molecular formula is C29H26ClF3N8O3. The van der Waals surface area contributed by atoms with Crippen LogP contribution in [-0.4, -0.2) is 43.6 Å². The van der Waals surface area contributed by atoms with Gasteiger partial charge in [-0.25, -0.2) is 9.97 Å². The van der Waals surface area contributed by atoms with Gasteiger partial charge in [-0.05, 0) is 36.1 Å². The number of aromatic nitrogens is 5. The first-order valence-corrected chi connectivity index (χ1v) is 13.7. The van der Waals surface area contributed by atoms with Crippen molar-refractivity contribution in [3.05, 3.63) is 88.6 Å². The van der Waals surface area contributed by atoms with Gasteiger partial charge in [-0.3, -0.25) is 18.7 Å². The van der Waals surface area contributed by atoms with Crippen LogP contribution < -0.4 is 21.1 Å². The number of halogens is 4. The van der Waals surface area contributed by atoms with Gasteiger partial charge in [-0.15, -0.1) is 0 Å². The van der Waals surface area contributed by atoms with Gasteiger partial charge >= 0.3 is 6.18 Å². The van der Waals surface area contributed by atoms with Crippen molar-refractivity contribution in [2.75, 3.05) is 12.4 Å². The van der Waals surface area contributed by atoms with Crippen molar-refractivity contribution < 1.29 is 27.5 Å². The Morgan fingerprint density at radius 3 is 2.57 bits per heavy atom. The van der Waals surface area contributed by atoms with Crippen molar-refractivity contribution in [3.63, 3.8) is 0 Å². The highest BCUT2D eigenvalue weighted by molar-refractivity contribution is 6.36. The number of fused-ring (bicyclic) bond motifs is 1. The van der Waals surface area contributed by atoms with Crippen LogP contribution in [0.3, 0.4) is 0 Å². The first kappa shape index (κ1) is 30.5. The van der Waals surface area contributed by atoms with E-state index in [0.717, 1.165) is 11.1 Å². The number of carbonyl (C=O) groups excluding carboxylic acids is 2. The van der Waals surface area contributed by atoms with Crippen molar-refractivity contribution in [1.82, 2.24) is 29.5 Å². The number of nitrogens with two attached hydrogens (primary N) is 1. The van der Waals surface area contributed by atoms with Crippen LogP contribution >= 0.6 is 11.6 Å². The second-order valence-electron chi connectivity index (χ2n) is 9.61. The Kier molecular flexibility index (Phi) is 8.83. The number of nitrogens with one attached hydrogen (secondary N) is 2. The van der Waals surface area contributed by atoms with Gasteiger partial charge in [0.1, 0.15) is 0 Å². The maximum Gasteiger partial charge on any atom is 0.435 e. The molecule has 44 heavy (non-hydrogen) atoms. The third-order valence-corrected chi connectivity index (χ3v) is 7.21. The lowest BCUT2D eigenvalue weighted by Crippen LogP contribution is -2.18. The lowest BCUT2D eigenvalue weighted by Gasteiger charge is -2.14. The Morgan fingerprint density at radius 2 is 1.89 bits per heavy atom. The minimum atomic E-state index is -4.72. The lowest BCUT2D eigenvalue weighted by molar-refractivity contribution is -0.141. The summed E-state index contributed by atoms with van der Waals surface area (Å²) in [4.78, 5) is 31.9. The summed E-state index contributed by atoms with van der Waals surface area (Å²) < 4.78 is 50.1. The number of carbonyl (C=O) groups is 2. The van der Waals surface area contributed by atoms with Gasteiger partial charge in [0.25, 0.3) is 12.4 Å². The molecule has 2 aromatic carbocycles. The molecule has 0 fully saturated rings. The van der Waals surface area contributed by atoms with Crippen LogP contribution in [0.2, 0.25) is 5.02 Å². The Bertz CT molecular complexity index is 1820. The molecule has 0 atom stereocenters. The summed E-state index contributed by atoms with van der Waals surface area (Å²) in [7, 11) is 1.42. The summed E-state index contributed by atoms with van der Waals surface area (Å²) in [5.74, 6) is -0.522. The fourth-order valence-corrected chi connectivity index (χ4v) is 4.98. The Hall–Kier alpha value is -4.95. The molecule has 0 spiro atoms. The smallest absolute Gasteiger partial charge is 0.425 e. The van der Waals surface area contributed by atoms with Crippen molar-refractivity contribution in [2.24, 2.45) is 5.73 Å². The lowest BCUT2D eigenvalue weighted by atomic mass is 10.1. The minimum Gasteiger partial charge on any atom is -0.425 e. The summed E-state index contributed by atoms with van der Waals surface area (Å²) >= 11 is 6.33. The zero-order valence-electron chi connectivity index (χ0n) is 23.2. The third-order valence-electron chi connectivity index (χ3n) is 6.83. The Labute approximate surface area is 253 Å². The van der Waals surface area contributed by atoms with E-state index in [1.165, 1.54) is 53.1 Å². The minimum absolute atomic E-state index is 0.0621. The second-order valence-corrected chi connectivity index (χ2v) is 9.99. The van der Waals surface area contributed by atoms with Gasteiger partial charge < -0.3 is 21.1 Å².